The Bertz CT molecular complexity index is 418. The number of rotatable bonds is 6. The van der Waals surface area contributed by atoms with Gasteiger partial charge in [-0.3, -0.25) is 9.59 Å². The summed E-state index contributed by atoms with van der Waals surface area (Å²) >= 11 is 5.74. The number of nitrogens with one attached hydrogen (secondary N) is 2. The van der Waals surface area contributed by atoms with Gasteiger partial charge in [-0.05, 0) is 18.6 Å². The average Bonchev–Trinajstić information content (AvgIpc) is 2.80. The number of thiol groups is 1. The molecular weight excluding hydrogens is 268 g/mol. The minimum absolute atomic E-state index is 0.202. The normalized spacial score (nSPS) is 11.9. The van der Waals surface area contributed by atoms with Crippen molar-refractivity contribution in [3.05, 3.63) is 21.9 Å². The van der Waals surface area contributed by atoms with Crippen LogP contribution in [-0.2, 0) is 22.6 Å². The first-order chi connectivity index (χ1) is 8.56. The van der Waals surface area contributed by atoms with Gasteiger partial charge in [0.2, 0.25) is 11.8 Å². The van der Waals surface area contributed by atoms with Gasteiger partial charge in [-0.15, -0.1) is 11.3 Å². The Morgan fingerprint density at radius 2 is 2.06 bits per heavy atom. The number of amides is 2. The van der Waals surface area contributed by atoms with E-state index < -0.39 is 6.04 Å². The maximum absolute atomic E-state index is 11.8. The highest BCUT2D eigenvalue weighted by Gasteiger charge is 2.17. The Balaban J connectivity index is 2.46. The topological polar surface area (TPSA) is 58.2 Å². The zero-order chi connectivity index (χ0) is 13.5. The molecule has 2 N–H and O–H groups in total. The highest BCUT2D eigenvalue weighted by atomic mass is 32.1. The molecule has 1 rings (SSSR count). The first-order valence-corrected chi connectivity index (χ1v) is 7.25. The molecule has 6 heteroatoms. The van der Waals surface area contributed by atoms with Crippen molar-refractivity contribution in [2.75, 3.05) is 5.75 Å². The molecule has 1 unspecified atom stereocenters. The maximum Gasteiger partial charge on any atom is 0.243 e. The van der Waals surface area contributed by atoms with Gasteiger partial charge in [0.05, 0.1) is 6.54 Å². The summed E-state index contributed by atoms with van der Waals surface area (Å²) < 4.78 is 0. The van der Waals surface area contributed by atoms with Gasteiger partial charge in [-0.25, -0.2) is 0 Å². The highest BCUT2D eigenvalue weighted by molar-refractivity contribution is 7.80. The maximum atomic E-state index is 11.8. The van der Waals surface area contributed by atoms with Gasteiger partial charge < -0.3 is 10.6 Å². The van der Waals surface area contributed by atoms with Crippen LogP contribution in [0.1, 0.15) is 23.6 Å². The van der Waals surface area contributed by atoms with Crippen molar-refractivity contribution in [1.82, 2.24) is 10.6 Å². The first-order valence-electron chi connectivity index (χ1n) is 5.80. The van der Waals surface area contributed by atoms with Gasteiger partial charge >= 0.3 is 0 Å². The molecule has 0 fully saturated rings. The zero-order valence-corrected chi connectivity index (χ0v) is 12.2. The van der Waals surface area contributed by atoms with E-state index in [0.29, 0.717) is 6.54 Å². The molecule has 2 amide bonds. The Morgan fingerprint density at radius 3 is 2.56 bits per heavy atom. The number of thiophene rings is 1. The molecule has 0 bridgehead atoms. The van der Waals surface area contributed by atoms with Crippen LogP contribution in [0, 0.1) is 0 Å². The quantitative estimate of drug-likeness (QED) is 0.692. The molecule has 100 valence electrons. The molecule has 0 aliphatic carbocycles. The third-order valence-electron chi connectivity index (χ3n) is 2.38. The van der Waals surface area contributed by atoms with E-state index in [0.717, 1.165) is 11.3 Å². The summed E-state index contributed by atoms with van der Waals surface area (Å²) in [5.74, 6) is -0.143. The van der Waals surface area contributed by atoms with Crippen molar-refractivity contribution < 1.29 is 9.59 Å². The number of carbonyl (C=O) groups is 2. The van der Waals surface area contributed by atoms with E-state index in [1.54, 1.807) is 11.3 Å². The Morgan fingerprint density at radius 1 is 1.39 bits per heavy atom. The predicted octanol–water partition coefficient (Wildman–Crippen LogP) is 1.36. The van der Waals surface area contributed by atoms with Crippen LogP contribution in [0.2, 0.25) is 0 Å². The molecular formula is C12H18N2O2S2. The highest BCUT2D eigenvalue weighted by Crippen LogP contribution is 2.16. The van der Waals surface area contributed by atoms with Crippen molar-refractivity contribution in [3.8, 4) is 0 Å². The molecule has 1 aromatic rings. The van der Waals surface area contributed by atoms with E-state index in [9.17, 15) is 9.59 Å². The zero-order valence-electron chi connectivity index (χ0n) is 10.5. The lowest BCUT2D eigenvalue weighted by Gasteiger charge is -2.14. The number of carbonyl (C=O) groups excluding carboxylic acids is 2. The van der Waals surface area contributed by atoms with Gasteiger partial charge in [-0.2, -0.15) is 12.6 Å². The summed E-state index contributed by atoms with van der Waals surface area (Å²) in [7, 11) is 0. The van der Waals surface area contributed by atoms with Crippen LogP contribution in [0.15, 0.2) is 12.1 Å². The standard InChI is InChI=1S/C12H18N2O2S2/c1-3-9-4-5-10(18-9)6-13-12(16)11(7-17)14-8(2)15/h4-5,11,17H,3,6-7H2,1-2H3,(H,13,16)(H,14,15). The van der Waals surface area contributed by atoms with Crippen LogP contribution in [0.25, 0.3) is 0 Å². The SMILES string of the molecule is CCc1ccc(CNC(=O)C(CS)NC(C)=O)s1. The Kier molecular flexibility index (Phi) is 6.21. The summed E-state index contributed by atoms with van der Waals surface area (Å²) in [6.45, 7) is 3.98. The average molecular weight is 286 g/mol. The fourth-order valence-electron chi connectivity index (χ4n) is 1.44. The second-order valence-electron chi connectivity index (χ2n) is 3.88. The first kappa shape index (κ1) is 15.0. The van der Waals surface area contributed by atoms with Crippen LogP contribution < -0.4 is 10.6 Å². The molecule has 1 atom stereocenters. The van der Waals surface area contributed by atoms with Crippen molar-refractivity contribution in [2.24, 2.45) is 0 Å². The minimum Gasteiger partial charge on any atom is -0.349 e. The van der Waals surface area contributed by atoms with Gasteiger partial charge in [0.25, 0.3) is 0 Å². The van der Waals surface area contributed by atoms with Crippen molar-refractivity contribution >= 4 is 35.8 Å². The van der Waals surface area contributed by atoms with Crippen LogP contribution >= 0.6 is 24.0 Å². The van der Waals surface area contributed by atoms with Gasteiger partial charge in [-0.1, -0.05) is 6.92 Å². The molecule has 1 heterocycles. The Hall–Kier alpha value is -1.01. The van der Waals surface area contributed by atoms with Gasteiger partial charge in [0, 0.05) is 22.4 Å². The number of aryl methyl sites for hydroxylation is 1. The molecule has 0 saturated carbocycles. The third-order valence-corrected chi connectivity index (χ3v) is 3.97. The van der Waals surface area contributed by atoms with E-state index in [2.05, 4.69) is 36.3 Å². The van der Waals surface area contributed by atoms with Crippen LogP contribution in [-0.4, -0.2) is 23.6 Å². The molecule has 0 aliphatic rings. The van der Waals surface area contributed by atoms with Crippen molar-refractivity contribution in [1.29, 1.82) is 0 Å². The molecule has 1 aromatic heterocycles. The Labute approximate surface area is 117 Å². The van der Waals surface area contributed by atoms with E-state index in [4.69, 9.17) is 0 Å². The lowest BCUT2D eigenvalue weighted by atomic mass is 10.3. The third kappa shape index (κ3) is 4.70. The fourth-order valence-corrected chi connectivity index (χ4v) is 2.60. The second kappa shape index (κ2) is 7.43. The monoisotopic (exact) mass is 286 g/mol. The van der Waals surface area contributed by atoms with Crippen LogP contribution in [0.3, 0.4) is 0 Å². The number of hydrogen-bond acceptors (Lipinski definition) is 4. The molecule has 0 saturated heterocycles. The van der Waals surface area contributed by atoms with Crippen LogP contribution in [0.4, 0.5) is 0 Å². The summed E-state index contributed by atoms with van der Waals surface area (Å²) in [6, 6.07) is 3.50. The van der Waals surface area contributed by atoms with Gasteiger partial charge in [0.1, 0.15) is 6.04 Å². The van der Waals surface area contributed by atoms with Gasteiger partial charge in [0.15, 0.2) is 0 Å². The molecule has 0 spiro atoms. The van der Waals surface area contributed by atoms with Crippen LogP contribution in [0.5, 0.6) is 0 Å². The summed E-state index contributed by atoms with van der Waals surface area (Å²) in [5.41, 5.74) is 0. The fraction of sp³-hybridized carbons (Fsp3) is 0.500. The molecule has 0 radical (unpaired) electrons. The lowest BCUT2D eigenvalue weighted by molar-refractivity contribution is -0.127. The summed E-state index contributed by atoms with van der Waals surface area (Å²) in [4.78, 5) is 25.1. The molecule has 0 aliphatic heterocycles. The molecule has 4 nitrogen and oxygen atoms in total. The van der Waals surface area contributed by atoms with E-state index in [1.807, 2.05) is 6.07 Å². The van der Waals surface area contributed by atoms with Crippen molar-refractivity contribution in [2.45, 2.75) is 32.9 Å². The largest absolute Gasteiger partial charge is 0.349 e. The molecule has 18 heavy (non-hydrogen) atoms. The smallest absolute Gasteiger partial charge is 0.243 e. The van der Waals surface area contributed by atoms with Crippen molar-refractivity contribution in [3.63, 3.8) is 0 Å². The minimum atomic E-state index is -0.573. The lowest BCUT2D eigenvalue weighted by Crippen LogP contribution is -2.46. The van der Waals surface area contributed by atoms with E-state index >= 15 is 0 Å². The molecule has 0 aromatic carbocycles. The predicted molar refractivity (Wildman–Crippen MR) is 77.0 cm³/mol. The summed E-state index contributed by atoms with van der Waals surface area (Å²) in [6.07, 6.45) is 1.00. The number of hydrogen-bond donors (Lipinski definition) is 3. The summed E-state index contributed by atoms with van der Waals surface area (Å²) in [5, 5.41) is 5.36. The van der Waals surface area contributed by atoms with E-state index in [1.165, 1.54) is 11.8 Å². The second-order valence-corrected chi connectivity index (χ2v) is 5.49. The van der Waals surface area contributed by atoms with E-state index in [-0.39, 0.29) is 17.6 Å².